The van der Waals surface area contributed by atoms with Crippen LogP contribution in [0.2, 0.25) is 0 Å². The third-order valence-corrected chi connectivity index (χ3v) is 1.91. The third-order valence-electron chi connectivity index (χ3n) is 1.91. The van der Waals surface area contributed by atoms with E-state index in [-0.39, 0.29) is 6.04 Å². The van der Waals surface area contributed by atoms with Gasteiger partial charge in [0.25, 0.3) is 0 Å². The molecule has 0 saturated carbocycles. The average molecular weight is 126 g/mol. The molecule has 3 N–H and O–H groups in total. The lowest BCUT2D eigenvalue weighted by molar-refractivity contribution is 0.519. The molecule has 0 aromatic rings. The van der Waals surface area contributed by atoms with Crippen molar-refractivity contribution in [1.29, 1.82) is 0 Å². The number of rotatable bonds is 2. The fraction of sp³-hybridized carbons (Fsp3) is 0.714. The van der Waals surface area contributed by atoms with E-state index in [0.717, 1.165) is 13.1 Å². The Morgan fingerprint density at radius 3 is 3.00 bits per heavy atom. The van der Waals surface area contributed by atoms with E-state index in [2.05, 4.69) is 11.9 Å². The van der Waals surface area contributed by atoms with Gasteiger partial charge in [-0.2, -0.15) is 0 Å². The maximum atomic E-state index is 5.72. The van der Waals surface area contributed by atoms with Crippen LogP contribution in [-0.4, -0.2) is 19.1 Å². The summed E-state index contributed by atoms with van der Waals surface area (Å²) in [5.41, 5.74) is 5.72. The maximum absolute atomic E-state index is 5.72. The lowest BCUT2D eigenvalue weighted by atomic mass is 10.0. The second kappa shape index (κ2) is 2.99. The number of nitrogens with two attached hydrogens (primary N) is 1. The maximum Gasteiger partial charge on any atom is 0.0262 e. The molecule has 0 radical (unpaired) electrons. The van der Waals surface area contributed by atoms with Gasteiger partial charge in [-0.25, -0.2) is 0 Å². The third kappa shape index (κ3) is 1.53. The summed E-state index contributed by atoms with van der Waals surface area (Å²) in [5.74, 6) is 0.627. The summed E-state index contributed by atoms with van der Waals surface area (Å²) in [5, 5.41) is 3.26. The highest BCUT2D eigenvalue weighted by atomic mass is 14.9. The number of hydrogen-bond donors (Lipinski definition) is 2. The van der Waals surface area contributed by atoms with Crippen LogP contribution < -0.4 is 11.1 Å². The van der Waals surface area contributed by atoms with Crippen LogP contribution in [-0.2, 0) is 0 Å². The standard InChI is InChI=1S/C7H14N2/c1-2-7(8)6-3-4-9-5-6/h2,6-7,9H,1,3-5,8H2. The summed E-state index contributed by atoms with van der Waals surface area (Å²) in [4.78, 5) is 0. The second-order valence-corrected chi connectivity index (χ2v) is 2.57. The number of hydrogen-bond acceptors (Lipinski definition) is 2. The molecule has 1 saturated heterocycles. The molecule has 1 aliphatic rings. The molecule has 0 aliphatic carbocycles. The van der Waals surface area contributed by atoms with Crippen LogP contribution in [0.5, 0.6) is 0 Å². The van der Waals surface area contributed by atoms with Crippen molar-refractivity contribution < 1.29 is 0 Å². The average Bonchev–Trinajstić information content (AvgIpc) is 2.37. The normalized spacial score (nSPS) is 30.1. The Balaban J connectivity index is 2.32. The van der Waals surface area contributed by atoms with E-state index in [1.165, 1.54) is 6.42 Å². The minimum atomic E-state index is 0.194. The van der Waals surface area contributed by atoms with Crippen LogP contribution in [0.1, 0.15) is 6.42 Å². The van der Waals surface area contributed by atoms with E-state index < -0.39 is 0 Å². The van der Waals surface area contributed by atoms with Crippen LogP contribution in [0, 0.1) is 5.92 Å². The van der Waals surface area contributed by atoms with E-state index in [4.69, 9.17) is 5.73 Å². The topological polar surface area (TPSA) is 38.0 Å². The van der Waals surface area contributed by atoms with E-state index in [1.807, 2.05) is 6.08 Å². The van der Waals surface area contributed by atoms with Crippen molar-refractivity contribution in [3.63, 3.8) is 0 Å². The summed E-state index contributed by atoms with van der Waals surface area (Å²) in [6.45, 7) is 5.83. The Hall–Kier alpha value is -0.340. The predicted octanol–water partition coefficient (Wildman–Crippen LogP) is 0.109. The fourth-order valence-electron chi connectivity index (χ4n) is 1.20. The molecule has 0 spiro atoms. The van der Waals surface area contributed by atoms with Crippen LogP contribution in [0.3, 0.4) is 0 Å². The van der Waals surface area contributed by atoms with Gasteiger partial charge in [0.1, 0.15) is 0 Å². The monoisotopic (exact) mass is 126 g/mol. The molecule has 2 heteroatoms. The van der Waals surface area contributed by atoms with E-state index in [9.17, 15) is 0 Å². The van der Waals surface area contributed by atoms with Gasteiger partial charge >= 0.3 is 0 Å². The largest absolute Gasteiger partial charge is 0.324 e. The zero-order valence-corrected chi connectivity index (χ0v) is 5.64. The summed E-state index contributed by atoms with van der Waals surface area (Å²) in [7, 11) is 0. The smallest absolute Gasteiger partial charge is 0.0262 e. The molecule has 0 aromatic carbocycles. The molecule has 0 bridgehead atoms. The first-order chi connectivity index (χ1) is 4.34. The highest BCUT2D eigenvalue weighted by Crippen LogP contribution is 2.10. The molecule has 2 nitrogen and oxygen atoms in total. The van der Waals surface area contributed by atoms with Gasteiger partial charge in [0.2, 0.25) is 0 Å². The van der Waals surface area contributed by atoms with Crippen LogP contribution in [0.4, 0.5) is 0 Å². The molecule has 2 atom stereocenters. The van der Waals surface area contributed by atoms with E-state index in [0.29, 0.717) is 5.92 Å². The Morgan fingerprint density at radius 1 is 1.78 bits per heavy atom. The molecule has 2 unspecified atom stereocenters. The van der Waals surface area contributed by atoms with Crippen molar-refractivity contribution in [3.05, 3.63) is 12.7 Å². The van der Waals surface area contributed by atoms with Gasteiger partial charge < -0.3 is 11.1 Å². The summed E-state index contributed by atoms with van der Waals surface area (Å²) in [6.07, 6.45) is 3.03. The highest BCUT2D eigenvalue weighted by Gasteiger charge is 2.18. The van der Waals surface area contributed by atoms with Crippen molar-refractivity contribution in [3.8, 4) is 0 Å². The summed E-state index contributed by atoms with van der Waals surface area (Å²) >= 11 is 0. The zero-order valence-electron chi connectivity index (χ0n) is 5.64. The minimum Gasteiger partial charge on any atom is -0.324 e. The first-order valence-corrected chi connectivity index (χ1v) is 3.43. The highest BCUT2D eigenvalue weighted by molar-refractivity contribution is 4.91. The minimum absolute atomic E-state index is 0.194. The van der Waals surface area contributed by atoms with Crippen molar-refractivity contribution in [1.82, 2.24) is 5.32 Å². The van der Waals surface area contributed by atoms with Crippen LogP contribution >= 0.6 is 0 Å². The Kier molecular flexibility index (Phi) is 2.25. The number of nitrogens with one attached hydrogen (secondary N) is 1. The second-order valence-electron chi connectivity index (χ2n) is 2.57. The van der Waals surface area contributed by atoms with E-state index in [1.54, 1.807) is 0 Å². The van der Waals surface area contributed by atoms with Crippen LogP contribution in [0.15, 0.2) is 12.7 Å². The fourth-order valence-corrected chi connectivity index (χ4v) is 1.20. The SMILES string of the molecule is C=CC(N)C1CCNC1. The van der Waals surface area contributed by atoms with Gasteiger partial charge in [0.15, 0.2) is 0 Å². The zero-order chi connectivity index (χ0) is 6.69. The van der Waals surface area contributed by atoms with Gasteiger partial charge in [-0.15, -0.1) is 6.58 Å². The van der Waals surface area contributed by atoms with Crippen molar-refractivity contribution in [2.24, 2.45) is 11.7 Å². The molecular weight excluding hydrogens is 112 g/mol. The molecule has 1 heterocycles. The van der Waals surface area contributed by atoms with Gasteiger partial charge in [-0.1, -0.05) is 6.08 Å². The van der Waals surface area contributed by atoms with Gasteiger partial charge in [0, 0.05) is 6.04 Å². The molecule has 1 aliphatic heterocycles. The summed E-state index contributed by atoms with van der Waals surface area (Å²) < 4.78 is 0. The molecule has 0 aromatic heterocycles. The van der Waals surface area contributed by atoms with Crippen molar-refractivity contribution in [2.75, 3.05) is 13.1 Å². The van der Waals surface area contributed by atoms with Crippen molar-refractivity contribution in [2.45, 2.75) is 12.5 Å². The predicted molar refractivity (Wildman–Crippen MR) is 39.1 cm³/mol. The molecule has 1 rings (SSSR count). The first-order valence-electron chi connectivity index (χ1n) is 3.43. The van der Waals surface area contributed by atoms with Gasteiger partial charge in [0.05, 0.1) is 0 Å². The molecular formula is C7H14N2. The van der Waals surface area contributed by atoms with Crippen LogP contribution in [0.25, 0.3) is 0 Å². The molecule has 9 heavy (non-hydrogen) atoms. The Morgan fingerprint density at radius 2 is 2.56 bits per heavy atom. The lowest BCUT2D eigenvalue weighted by Crippen LogP contribution is -2.29. The quantitative estimate of drug-likeness (QED) is 0.515. The molecule has 0 amide bonds. The lowest BCUT2D eigenvalue weighted by Gasteiger charge is -2.12. The van der Waals surface area contributed by atoms with Gasteiger partial charge in [-0.05, 0) is 25.4 Å². The van der Waals surface area contributed by atoms with Crippen molar-refractivity contribution >= 4 is 0 Å². The Labute approximate surface area is 56.1 Å². The molecule has 1 fully saturated rings. The Bertz CT molecular complexity index is 95.1. The molecule has 52 valence electrons. The van der Waals surface area contributed by atoms with E-state index >= 15 is 0 Å². The van der Waals surface area contributed by atoms with Gasteiger partial charge in [-0.3, -0.25) is 0 Å². The first kappa shape index (κ1) is 6.78. The summed E-state index contributed by atoms with van der Waals surface area (Å²) in [6, 6.07) is 0.194.